The predicted octanol–water partition coefficient (Wildman–Crippen LogP) is 0.972. The Labute approximate surface area is 121 Å². The molecule has 17 heavy (non-hydrogen) atoms. The van der Waals surface area contributed by atoms with E-state index in [1.165, 1.54) is 0 Å². The van der Waals surface area contributed by atoms with E-state index in [4.69, 9.17) is 15.2 Å². The molecule has 0 aliphatic carbocycles. The summed E-state index contributed by atoms with van der Waals surface area (Å²) in [6.45, 7) is 6.83. The number of nitrogens with two attached hydrogens (primary N) is 1. The van der Waals surface area contributed by atoms with E-state index in [0.717, 1.165) is 52.4 Å². The lowest BCUT2D eigenvalue weighted by atomic mass is 10.1. The minimum absolute atomic E-state index is 0. The highest BCUT2D eigenvalue weighted by Gasteiger charge is 2.14. The Kier molecular flexibility index (Phi) is 11.0. The van der Waals surface area contributed by atoms with Gasteiger partial charge in [-0.15, -0.1) is 24.0 Å². The molecule has 0 saturated carbocycles. The van der Waals surface area contributed by atoms with Gasteiger partial charge in [0.25, 0.3) is 0 Å². The topological polar surface area (TPSA) is 68.9 Å². The fourth-order valence-electron chi connectivity index (χ4n) is 1.57. The molecule has 1 aliphatic rings. The normalized spacial score (nSPS) is 20.1. The second-order valence-electron chi connectivity index (χ2n) is 3.96. The van der Waals surface area contributed by atoms with Crippen molar-refractivity contribution in [1.29, 1.82) is 0 Å². The summed E-state index contributed by atoms with van der Waals surface area (Å²) in [7, 11) is 0. The van der Waals surface area contributed by atoms with Crippen LogP contribution < -0.4 is 11.1 Å². The molecule has 0 aromatic heterocycles. The molecule has 0 amide bonds. The fraction of sp³-hybridized carbons (Fsp3) is 0.909. The highest BCUT2D eigenvalue weighted by atomic mass is 127. The van der Waals surface area contributed by atoms with Crippen molar-refractivity contribution >= 4 is 29.9 Å². The number of nitrogens with zero attached hydrogens (tertiary/aromatic N) is 1. The SMILES string of the molecule is CCNC(N)=NCCCOCC1CCOC1.I. The first-order valence-corrected chi connectivity index (χ1v) is 6.02. The van der Waals surface area contributed by atoms with Gasteiger partial charge in [-0.25, -0.2) is 0 Å². The summed E-state index contributed by atoms with van der Waals surface area (Å²) < 4.78 is 10.8. The molecule has 0 radical (unpaired) electrons. The summed E-state index contributed by atoms with van der Waals surface area (Å²) in [6, 6.07) is 0. The zero-order valence-corrected chi connectivity index (χ0v) is 12.8. The third-order valence-corrected chi connectivity index (χ3v) is 2.46. The molecule has 0 bridgehead atoms. The Balaban J connectivity index is 0.00000256. The molecule has 6 heteroatoms. The van der Waals surface area contributed by atoms with E-state index in [1.807, 2.05) is 6.92 Å². The second-order valence-corrected chi connectivity index (χ2v) is 3.96. The maximum absolute atomic E-state index is 5.58. The first-order chi connectivity index (χ1) is 7.83. The Hall–Kier alpha value is -0.0800. The zero-order valence-electron chi connectivity index (χ0n) is 10.5. The Bertz CT molecular complexity index is 209. The van der Waals surface area contributed by atoms with E-state index in [2.05, 4.69) is 10.3 Å². The first-order valence-electron chi connectivity index (χ1n) is 6.02. The van der Waals surface area contributed by atoms with Gasteiger partial charge in [-0.05, 0) is 19.8 Å². The van der Waals surface area contributed by atoms with Crippen molar-refractivity contribution < 1.29 is 9.47 Å². The van der Waals surface area contributed by atoms with Crippen LogP contribution in [0.15, 0.2) is 4.99 Å². The average Bonchev–Trinajstić information content (AvgIpc) is 2.76. The number of nitrogens with one attached hydrogen (secondary N) is 1. The van der Waals surface area contributed by atoms with Crippen LogP contribution in [0.4, 0.5) is 0 Å². The predicted molar refractivity (Wildman–Crippen MR) is 79.9 cm³/mol. The quantitative estimate of drug-likeness (QED) is 0.308. The van der Waals surface area contributed by atoms with Crippen molar-refractivity contribution in [3.63, 3.8) is 0 Å². The van der Waals surface area contributed by atoms with Crippen LogP contribution in [-0.4, -0.2) is 45.5 Å². The van der Waals surface area contributed by atoms with Gasteiger partial charge in [0, 0.05) is 32.2 Å². The summed E-state index contributed by atoms with van der Waals surface area (Å²) in [5, 5.41) is 2.95. The van der Waals surface area contributed by atoms with E-state index in [9.17, 15) is 0 Å². The maximum atomic E-state index is 5.58. The highest BCUT2D eigenvalue weighted by molar-refractivity contribution is 14.0. The van der Waals surface area contributed by atoms with Crippen molar-refractivity contribution in [3.8, 4) is 0 Å². The number of rotatable bonds is 7. The summed E-state index contributed by atoms with van der Waals surface area (Å²) in [5.41, 5.74) is 5.58. The molecule has 1 saturated heterocycles. The van der Waals surface area contributed by atoms with Crippen LogP contribution in [0.25, 0.3) is 0 Å². The van der Waals surface area contributed by atoms with Gasteiger partial charge in [0.05, 0.1) is 13.2 Å². The zero-order chi connectivity index (χ0) is 11.6. The molecule has 1 rings (SSSR count). The number of ether oxygens (including phenoxy) is 2. The Morgan fingerprint density at radius 3 is 3.06 bits per heavy atom. The minimum atomic E-state index is 0. The van der Waals surface area contributed by atoms with Gasteiger partial charge in [0.15, 0.2) is 5.96 Å². The van der Waals surface area contributed by atoms with Crippen LogP contribution in [-0.2, 0) is 9.47 Å². The highest BCUT2D eigenvalue weighted by Crippen LogP contribution is 2.12. The smallest absolute Gasteiger partial charge is 0.188 e. The Morgan fingerprint density at radius 1 is 1.59 bits per heavy atom. The van der Waals surface area contributed by atoms with E-state index in [0.29, 0.717) is 11.9 Å². The summed E-state index contributed by atoms with van der Waals surface area (Å²) >= 11 is 0. The molecule has 1 atom stereocenters. The monoisotopic (exact) mass is 357 g/mol. The molecule has 1 unspecified atom stereocenters. The van der Waals surface area contributed by atoms with Gasteiger partial charge in [-0.2, -0.15) is 0 Å². The molecule has 1 heterocycles. The molecule has 3 N–H and O–H groups in total. The summed E-state index contributed by atoms with van der Waals surface area (Å²) in [6.07, 6.45) is 2.05. The molecule has 1 aliphatic heterocycles. The number of hydrogen-bond acceptors (Lipinski definition) is 3. The average molecular weight is 357 g/mol. The van der Waals surface area contributed by atoms with E-state index in [-0.39, 0.29) is 24.0 Å². The van der Waals surface area contributed by atoms with Gasteiger partial charge in [0.2, 0.25) is 0 Å². The molecule has 0 spiro atoms. The van der Waals surface area contributed by atoms with Crippen LogP contribution in [0.5, 0.6) is 0 Å². The van der Waals surface area contributed by atoms with Crippen molar-refractivity contribution in [2.75, 3.05) is 39.5 Å². The van der Waals surface area contributed by atoms with Gasteiger partial charge >= 0.3 is 0 Å². The molecule has 1 fully saturated rings. The summed E-state index contributed by atoms with van der Waals surface area (Å²) in [5.74, 6) is 1.11. The van der Waals surface area contributed by atoms with Crippen molar-refractivity contribution in [3.05, 3.63) is 0 Å². The third-order valence-electron chi connectivity index (χ3n) is 2.46. The molecular formula is C11H24IN3O2. The molecule has 0 aromatic carbocycles. The third kappa shape index (κ3) is 8.62. The van der Waals surface area contributed by atoms with Gasteiger partial charge in [-0.1, -0.05) is 0 Å². The van der Waals surface area contributed by atoms with E-state index in [1.54, 1.807) is 0 Å². The second kappa shape index (κ2) is 11.0. The van der Waals surface area contributed by atoms with Crippen LogP contribution in [0.3, 0.4) is 0 Å². The molecule has 102 valence electrons. The minimum Gasteiger partial charge on any atom is -0.381 e. The van der Waals surface area contributed by atoms with Gasteiger partial charge in [-0.3, -0.25) is 4.99 Å². The van der Waals surface area contributed by atoms with Crippen LogP contribution in [0.1, 0.15) is 19.8 Å². The van der Waals surface area contributed by atoms with Crippen molar-refractivity contribution in [2.45, 2.75) is 19.8 Å². The number of guanidine groups is 1. The number of halogens is 1. The Morgan fingerprint density at radius 2 is 2.41 bits per heavy atom. The van der Waals surface area contributed by atoms with Crippen LogP contribution in [0.2, 0.25) is 0 Å². The lowest BCUT2D eigenvalue weighted by Gasteiger charge is -2.07. The molecule has 5 nitrogen and oxygen atoms in total. The van der Waals surface area contributed by atoms with Crippen LogP contribution >= 0.6 is 24.0 Å². The van der Waals surface area contributed by atoms with Crippen molar-refractivity contribution in [2.24, 2.45) is 16.6 Å². The van der Waals surface area contributed by atoms with Gasteiger partial charge < -0.3 is 20.5 Å². The number of aliphatic imine (C=N–C) groups is 1. The van der Waals surface area contributed by atoms with Crippen LogP contribution in [0, 0.1) is 5.92 Å². The largest absolute Gasteiger partial charge is 0.381 e. The maximum Gasteiger partial charge on any atom is 0.188 e. The lowest BCUT2D eigenvalue weighted by Crippen LogP contribution is -2.31. The van der Waals surface area contributed by atoms with E-state index < -0.39 is 0 Å². The first kappa shape index (κ1) is 16.9. The van der Waals surface area contributed by atoms with Gasteiger partial charge in [0.1, 0.15) is 0 Å². The lowest BCUT2D eigenvalue weighted by molar-refractivity contribution is 0.0893. The molecular weight excluding hydrogens is 333 g/mol. The number of hydrogen-bond donors (Lipinski definition) is 2. The van der Waals surface area contributed by atoms with Crippen molar-refractivity contribution in [1.82, 2.24) is 5.32 Å². The summed E-state index contributed by atoms with van der Waals surface area (Å²) in [4.78, 5) is 4.16. The van der Waals surface area contributed by atoms with E-state index >= 15 is 0 Å². The molecule has 0 aromatic rings. The standard InChI is InChI=1S/C11H23N3O2.HI/c1-2-13-11(12)14-5-3-6-15-8-10-4-7-16-9-10;/h10H,2-9H2,1H3,(H3,12,13,14);1H. The fourth-order valence-corrected chi connectivity index (χ4v) is 1.57.